The van der Waals surface area contributed by atoms with E-state index in [-0.39, 0.29) is 29.6 Å². The first-order chi connectivity index (χ1) is 14.4. The first kappa shape index (κ1) is 20.1. The second-order valence-electron chi connectivity index (χ2n) is 7.34. The maximum absolute atomic E-state index is 13.7. The van der Waals surface area contributed by atoms with Gasteiger partial charge in [0.15, 0.2) is 6.17 Å². The third kappa shape index (κ3) is 4.09. The minimum Gasteiger partial charge on any atom is -0.374 e. The Balaban J connectivity index is 1.65. The zero-order chi connectivity index (χ0) is 21.3. The summed E-state index contributed by atoms with van der Waals surface area (Å²) in [6, 6.07) is 6.33. The lowest BCUT2D eigenvalue weighted by Crippen LogP contribution is -2.41. The van der Waals surface area contributed by atoms with Crippen molar-refractivity contribution in [2.24, 2.45) is 0 Å². The molecule has 3 N–H and O–H groups in total. The highest BCUT2D eigenvalue weighted by atomic mass is 19.2. The van der Waals surface area contributed by atoms with E-state index in [1.54, 1.807) is 18.2 Å². The Morgan fingerprint density at radius 1 is 1.43 bits per heavy atom. The van der Waals surface area contributed by atoms with Gasteiger partial charge in [0.1, 0.15) is 24.1 Å². The molecule has 2 aliphatic rings. The molecule has 2 bridgehead atoms. The van der Waals surface area contributed by atoms with E-state index in [2.05, 4.69) is 20.6 Å². The van der Waals surface area contributed by atoms with Crippen molar-refractivity contribution in [2.45, 2.75) is 31.7 Å². The van der Waals surface area contributed by atoms with Crippen LogP contribution in [0.4, 0.5) is 26.1 Å². The predicted octanol–water partition coefficient (Wildman–Crippen LogP) is 2.96. The van der Waals surface area contributed by atoms with Crippen molar-refractivity contribution < 1.29 is 18.3 Å². The molecule has 2 saturated heterocycles. The molecule has 2 aromatic rings. The van der Waals surface area contributed by atoms with Gasteiger partial charge in [-0.25, -0.2) is 18.7 Å². The Morgan fingerprint density at radius 3 is 2.93 bits per heavy atom. The summed E-state index contributed by atoms with van der Waals surface area (Å²) in [6.45, 7) is 1.42. The quantitative estimate of drug-likeness (QED) is 0.494. The number of ether oxygens (including phenoxy) is 1. The first-order valence-electron chi connectivity index (χ1n) is 9.63. The Hall–Kier alpha value is -3.14. The van der Waals surface area contributed by atoms with Crippen molar-refractivity contribution in [3.8, 4) is 0 Å². The van der Waals surface area contributed by atoms with Crippen LogP contribution >= 0.6 is 0 Å². The van der Waals surface area contributed by atoms with E-state index >= 15 is 0 Å². The van der Waals surface area contributed by atoms with Crippen molar-refractivity contribution in [1.29, 1.82) is 5.41 Å². The molecular formula is C20H22F2N6O2. The van der Waals surface area contributed by atoms with E-state index in [0.717, 1.165) is 6.42 Å². The Morgan fingerprint density at radius 2 is 2.27 bits per heavy atom. The monoisotopic (exact) mass is 416 g/mol. The fourth-order valence-electron chi connectivity index (χ4n) is 3.74. The van der Waals surface area contributed by atoms with Gasteiger partial charge >= 0.3 is 0 Å². The molecule has 4 rings (SSSR count). The summed E-state index contributed by atoms with van der Waals surface area (Å²) < 4.78 is 32.0. The minimum atomic E-state index is -1.81. The van der Waals surface area contributed by atoms with Crippen molar-refractivity contribution >= 4 is 29.1 Å². The third-order valence-corrected chi connectivity index (χ3v) is 5.14. The van der Waals surface area contributed by atoms with E-state index in [9.17, 15) is 13.6 Å². The Bertz CT molecular complexity index is 972. The van der Waals surface area contributed by atoms with Gasteiger partial charge in [-0.05, 0) is 18.6 Å². The largest absolute Gasteiger partial charge is 0.374 e. The molecule has 1 amide bonds. The van der Waals surface area contributed by atoms with Crippen LogP contribution in [0.5, 0.6) is 0 Å². The first-order valence-corrected chi connectivity index (χ1v) is 9.63. The van der Waals surface area contributed by atoms with E-state index < -0.39 is 12.8 Å². The topological polar surface area (TPSA) is 103 Å². The normalized spacial score (nSPS) is 20.8. The number of morpholine rings is 1. The molecule has 4 heterocycles. The number of carbonyl (C=O) groups excluding carboxylic acids is 1. The molecule has 0 aliphatic carbocycles. The summed E-state index contributed by atoms with van der Waals surface area (Å²) in [6.07, 6.45) is 0.704. The molecule has 0 radical (unpaired) electrons. The predicted molar refractivity (Wildman–Crippen MR) is 108 cm³/mol. The molecule has 0 saturated carbocycles. The van der Waals surface area contributed by atoms with Gasteiger partial charge in [-0.15, -0.1) is 0 Å². The number of nitrogens with zero attached hydrogens (tertiary/aromatic N) is 3. The van der Waals surface area contributed by atoms with Crippen LogP contribution in [0.25, 0.3) is 0 Å². The number of hydrogen-bond acceptors (Lipinski definition) is 6. The lowest BCUT2D eigenvalue weighted by Gasteiger charge is -2.30. The fourth-order valence-corrected chi connectivity index (χ4v) is 3.74. The number of alkyl halides is 2. The summed E-state index contributed by atoms with van der Waals surface area (Å²) in [7, 11) is 0. The summed E-state index contributed by atoms with van der Waals surface area (Å²) in [4.78, 5) is 21.8. The molecular weight excluding hydrogens is 394 g/mol. The highest BCUT2D eigenvalue weighted by molar-refractivity contribution is 6.03. The number of amides is 1. The van der Waals surface area contributed by atoms with Crippen molar-refractivity contribution in [3.63, 3.8) is 0 Å². The van der Waals surface area contributed by atoms with Gasteiger partial charge in [-0.1, -0.05) is 6.07 Å². The van der Waals surface area contributed by atoms with Crippen LogP contribution in [0.15, 0.2) is 30.5 Å². The van der Waals surface area contributed by atoms with Crippen LogP contribution in [-0.2, 0) is 9.53 Å². The van der Waals surface area contributed by atoms with Crippen molar-refractivity contribution in [3.05, 3.63) is 41.7 Å². The second kappa shape index (κ2) is 8.31. The highest BCUT2D eigenvalue weighted by Gasteiger charge is 2.40. The fraction of sp³-hybridized carbons (Fsp3) is 0.400. The number of fused-ring (bicyclic) bond motifs is 2. The molecule has 0 spiro atoms. The number of pyridine rings is 2. The Kier molecular flexibility index (Phi) is 5.58. The second-order valence-corrected chi connectivity index (χ2v) is 7.34. The lowest BCUT2D eigenvalue weighted by molar-refractivity contribution is -0.114. The van der Waals surface area contributed by atoms with E-state index in [0.29, 0.717) is 36.0 Å². The van der Waals surface area contributed by atoms with Crippen LogP contribution in [0.1, 0.15) is 30.8 Å². The summed E-state index contributed by atoms with van der Waals surface area (Å²) in [5, 5.41) is 14.4. The van der Waals surface area contributed by atoms with Gasteiger partial charge in [-0.2, -0.15) is 0 Å². The molecule has 2 aliphatic heterocycles. The molecule has 3 atom stereocenters. The van der Waals surface area contributed by atoms with E-state index in [1.807, 2.05) is 4.90 Å². The van der Waals surface area contributed by atoms with Crippen LogP contribution in [0.3, 0.4) is 0 Å². The van der Waals surface area contributed by atoms with Crippen LogP contribution in [0.2, 0.25) is 0 Å². The van der Waals surface area contributed by atoms with Gasteiger partial charge in [-0.3, -0.25) is 10.2 Å². The molecule has 158 valence electrons. The standard InChI is InChI=1S/C20H22F2N6O2/c1-11(29)25-19-6-17(27-18-4-2-3-16(26-18)15(22)7-21)14(8-24-19)20(23)28-9-13-5-12(28)10-30-13/h2-4,6,8,12-13,15,23H,5,7,9-10H2,1H3,(H2,24,25,26,27,29). The summed E-state index contributed by atoms with van der Waals surface area (Å²) in [5.41, 5.74) is 0.957. The maximum atomic E-state index is 13.7. The average molecular weight is 416 g/mol. The number of likely N-dealkylation sites (tertiary alicyclic amines) is 1. The zero-order valence-corrected chi connectivity index (χ0v) is 16.4. The molecule has 2 aromatic heterocycles. The number of aromatic nitrogens is 2. The third-order valence-electron chi connectivity index (χ3n) is 5.14. The van der Waals surface area contributed by atoms with Crippen LogP contribution in [-0.4, -0.2) is 58.6 Å². The van der Waals surface area contributed by atoms with E-state index in [1.165, 1.54) is 19.2 Å². The molecule has 30 heavy (non-hydrogen) atoms. The van der Waals surface area contributed by atoms with Gasteiger partial charge < -0.3 is 20.3 Å². The number of nitrogens with one attached hydrogen (secondary N) is 3. The molecule has 2 fully saturated rings. The van der Waals surface area contributed by atoms with Crippen molar-refractivity contribution in [1.82, 2.24) is 14.9 Å². The Labute approximate surface area is 172 Å². The molecule has 3 unspecified atom stereocenters. The zero-order valence-electron chi connectivity index (χ0n) is 16.4. The number of rotatable bonds is 6. The molecule has 0 aromatic carbocycles. The number of hydrogen-bond donors (Lipinski definition) is 3. The molecule has 10 heteroatoms. The van der Waals surface area contributed by atoms with Crippen molar-refractivity contribution in [2.75, 3.05) is 30.5 Å². The summed E-state index contributed by atoms with van der Waals surface area (Å²) >= 11 is 0. The lowest BCUT2D eigenvalue weighted by atomic mass is 10.1. The summed E-state index contributed by atoms with van der Waals surface area (Å²) in [5.74, 6) is 0.590. The maximum Gasteiger partial charge on any atom is 0.222 e. The minimum absolute atomic E-state index is 0.0238. The molecule has 8 nitrogen and oxygen atoms in total. The van der Waals surface area contributed by atoms with Gasteiger partial charge in [0.2, 0.25) is 5.91 Å². The van der Waals surface area contributed by atoms with E-state index in [4.69, 9.17) is 10.1 Å². The number of carbonyl (C=O) groups is 1. The van der Waals surface area contributed by atoms with Crippen LogP contribution in [0, 0.1) is 5.41 Å². The number of halogens is 2. The van der Waals surface area contributed by atoms with Gasteiger partial charge in [0.25, 0.3) is 0 Å². The highest BCUT2D eigenvalue weighted by Crippen LogP contribution is 2.32. The van der Waals surface area contributed by atoms with Gasteiger partial charge in [0, 0.05) is 25.7 Å². The number of anilines is 3. The smallest absolute Gasteiger partial charge is 0.222 e. The SMILES string of the molecule is CC(=O)Nc1cc(Nc2cccc(C(F)CF)n2)c(C(=N)N2CC3CC2CO3)cn1. The van der Waals surface area contributed by atoms with Crippen LogP contribution < -0.4 is 10.6 Å². The average Bonchev–Trinajstić information content (AvgIpc) is 3.36. The van der Waals surface area contributed by atoms with Gasteiger partial charge in [0.05, 0.1) is 35.7 Å². The number of amidine groups is 1.